The monoisotopic (exact) mass is 466 g/mol. The van der Waals surface area contributed by atoms with Crippen LogP contribution >= 0.6 is 11.6 Å². The number of methoxy groups -OCH3 is 2. The molecule has 13 heteroatoms. The fraction of sp³-hybridized carbons (Fsp3) is 0.389. The van der Waals surface area contributed by atoms with Crippen LogP contribution in [0.3, 0.4) is 0 Å². The molecule has 31 heavy (non-hydrogen) atoms. The maximum absolute atomic E-state index is 14.0. The topological polar surface area (TPSA) is 80.1 Å². The highest BCUT2D eigenvalue weighted by Crippen LogP contribution is 2.44. The SMILES string of the molecule is COc1ccc(-c2cc(C(F)(F)F)nc(N3N=C(C)C[C@@]3(O)C(F)(F)Cl)n2)cc1OC. The van der Waals surface area contributed by atoms with Gasteiger partial charge in [0.1, 0.15) is 0 Å². The second kappa shape index (κ2) is 7.75. The Morgan fingerprint density at radius 1 is 1.06 bits per heavy atom. The number of hydrogen-bond donors (Lipinski definition) is 1. The van der Waals surface area contributed by atoms with Crippen LogP contribution in [0.1, 0.15) is 19.0 Å². The average Bonchev–Trinajstić information content (AvgIpc) is 3.01. The molecule has 1 aliphatic heterocycles. The normalized spacial score (nSPS) is 19.4. The Balaban J connectivity index is 2.22. The summed E-state index contributed by atoms with van der Waals surface area (Å²) in [5, 5.41) is 10.1. The van der Waals surface area contributed by atoms with Crippen LogP contribution in [0.25, 0.3) is 11.3 Å². The number of halogens is 6. The molecule has 1 aliphatic rings. The van der Waals surface area contributed by atoms with Gasteiger partial charge >= 0.3 is 11.6 Å². The van der Waals surface area contributed by atoms with Gasteiger partial charge in [-0.25, -0.2) is 9.97 Å². The number of alkyl halides is 6. The van der Waals surface area contributed by atoms with Gasteiger partial charge in [0.05, 0.1) is 19.9 Å². The van der Waals surface area contributed by atoms with Crippen molar-refractivity contribution in [3.63, 3.8) is 0 Å². The molecule has 1 aromatic carbocycles. The first-order valence-corrected chi connectivity index (χ1v) is 9.00. The highest BCUT2D eigenvalue weighted by molar-refractivity contribution is 6.23. The van der Waals surface area contributed by atoms with Gasteiger partial charge in [0, 0.05) is 17.7 Å². The Hall–Kier alpha value is -2.73. The average molecular weight is 467 g/mol. The maximum atomic E-state index is 14.0. The first kappa shape index (κ1) is 22.9. The molecule has 0 saturated carbocycles. The molecule has 168 valence electrons. The lowest BCUT2D eigenvalue weighted by molar-refractivity contribution is -0.141. The Morgan fingerprint density at radius 3 is 2.26 bits per heavy atom. The lowest BCUT2D eigenvalue weighted by atomic mass is 10.1. The Bertz CT molecular complexity index is 1030. The molecule has 0 radical (unpaired) electrons. The van der Waals surface area contributed by atoms with E-state index in [0.29, 0.717) is 11.8 Å². The van der Waals surface area contributed by atoms with Crippen LogP contribution in [0.2, 0.25) is 0 Å². The molecule has 1 aromatic heterocycles. The zero-order chi connectivity index (χ0) is 23.2. The smallest absolute Gasteiger partial charge is 0.433 e. The predicted molar refractivity (Wildman–Crippen MR) is 102 cm³/mol. The van der Waals surface area contributed by atoms with Crippen LogP contribution < -0.4 is 14.5 Å². The van der Waals surface area contributed by atoms with Gasteiger partial charge in [-0.2, -0.15) is 32.1 Å². The van der Waals surface area contributed by atoms with Gasteiger partial charge in [-0.3, -0.25) is 0 Å². The summed E-state index contributed by atoms with van der Waals surface area (Å²) in [5.41, 5.74) is -4.72. The number of benzene rings is 1. The number of rotatable bonds is 5. The molecular weight excluding hydrogens is 451 g/mol. The van der Waals surface area contributed by atoms with Crippen molar-refractivity contribution in [2.75, 3.05) is 19.2 Å². The molecule has 2 aromatic rings. The third-order valence-corrected chi connectivity index (χ3v) is 4.75. The molecule has 0 spiro atoms. The number of aromatic nitrogens is 2. The number of anilines is 1. The van der Waals surface area contributed by atoms with Gasteiger partial charge in [-0.15, -0.1) is 0 Å². The summed E-state index contributed by atoms with van der Waals surface area (Å²) >= 11 is 5.04. The van der Waals surface area contributed by atoms with Crippen LogP contribution in [0.15, 0.2) is 29.4 Å². The van der Waals surface area contributed by atoms with Gasteiger partial charge in [-0.05, 0) is 42.8 Å². The van der Waals surface area contributed by atoms with E-state index in [-0.39, 0.29) is 27.7 Å². The summed E-state index contributed by atoms with van der Waals surface area (Å²) in [6.07, 6.45) is -5.67. The number of hydrogen-bond acceptors (Lipinski definition) is 7. The van der Waals surface area contributed by atoms with Crippen LogP contribution in [0.5, 0.6) is 11.5 Å². The minimum atomic E-state index is -4.94. The Kier molecular flexibility index (Phi) is 5.74. The summed E-state index contributed by atoms with van der Waals surface area (Å²) in [6, 6.07) is 4.82. The van der Waals surface area contributed by atoms with Crippen molar-refractivity contribution in [2.45, 2.75) is 30.6 Å². The Morgan fingerprint density at radius 2 is 1.71 bits per heavy atom. The first-order chi connectivity index (χ1) is 14.3. The lowest BCUT2D eigenvalue weighted by Crippen LogP contribution is -2.55. The van der Waals surface area contributed by atoms with Gasteiger partial charge < -0.3 is 14.6 Å². The van der Waals surface area contributed by atoms with E-state index >= 15 is 0 Å². The highest BCUT2D eigenvalue weighted by Gasteiger charge is 2.60. The minimum absolute atomic E-state index is 0.00324. The second-order valence-electron chi connectivity index (χ2n) is 6.64. The number of aliphatic hydroxyl groups is 1. The fourth-order valence-corrected chi connectivity index (χ4v) is 3.12. The molecular formula is C18H16ClF5N4O3. The van der Waals surface area contributed by atoms with E-state index in [2.05, 4.69) is 15.1 Å². The first-order valence-electron chi connectivity index (χ1n) is 8.62. The standard InChI is InChI=1S/C18H16ClF5N4O3/c1-9-8-16(29,18(19,23)24)28(27-9)15-25-11(7-14(26-15)17(20,21)22)10-4-5-12(30-2)13(6-10)31-3/h4-7,29H,8H2,1-3H3/t16-/m1/s1. The van der Waals surface area contributed by atoms with Crippen molar-refractivity contribution in [3.8, 4) is 22.8 Å². The van der Waals surface area contributed by atoms with Crippen molar-refractivity contribution in [1.29, 1.82) is 0 Å². The quantitative estimate of drug-likeness (QED) is 0.523. The fourth-order valence-electron chi connectivity index (χ4n) is 2.97. The maximum Gasteiger partial charge on any atom is 0.433 e. The summed E-state index contributed by atoms with van der Waals surface area (Å²) < 4.78 is 78.6. The molecule has 0 unspecified atom stereocenters. The third-order valence-electron chi connectivity index (χ3n) is 4.45. The van der Waals surface area contributed by atoms with E-state index in [1.165, 1.54) is 39.3 Å². The Labute approximate surface area is 178 Å². The summed E-state index contributed by atoms with van der Waals surface area (Å²) in [6.45, 7) is 1.30. The number of nitrogens with zero attached hydrogens (tertiary/aromatic N) is 4. The molecule has 0 bridgehead atoms. The van der Waals surface area contributed by atoms with Crippen molar-refractivity contribution >= 4 is 23.3 Å². The van der Waals surface area contributed by atoms with Gasteiger partial charge in [0.15, 0.2) is 17.2 Å². The second-order valence-corrected chi connectivity index (χ2v) is 7.12. The van der Waals surface area contributed by atoms with E-state index in [0.717, 1.165) is 0 Å². The zero-order valence-electron chi connectivity index (χ0n) is 16.3. The predicted octanol–water partition coefficient (Wildman–Crippen LogP) is 4.29. The van der Waals surface area contributed by atoms with Gasteiger partial charge in [0.25, 0.3) is 0 Å². The van der Waals surface area contributed by atoms with Crippen LogP contribution in [0, 0.1) is 0 Å². The summed E-state index contributed by atoms with van der Waals surface area (Å²) in [7, 11) is 2.71. The van der Waals surface area contributed by atoms with E-state index in [9.17, 15) is 27.1 Å². The van der Waals surface area contributed by atoms with Crippen LogP contribution in [-0.2, 0) is 6.18 Å². The number of ether oxygens (including phenoxy) is 2. The van der Waals surface area contributed by atoms with E-state index in [4.69, 9.17) is 21.1 Å². The minimum Gasteiger partial charge on any atom is -0.493 e. The zero-order valence-corrected chi connectivity index (χ0v) is 17.1. The van der Waals surface area contributed by atoms with Crippen LogP contribution in [-0.4, -0.2) is 46.1 Å². The van der Waals surface area contributed by atoms with E-state index < -0.39 is 35.3 Å². The molecule has 0 aliphatic carbocycles. The molecule has 1 N–H and O–H groups in total. The highest BCUT2D eigenvalue weighted by atomic mass is 35.5. The van der Waals surface area contributed by atoms with Gasteiger partial charge in [0.2, 0.25) is 11.7 Å². The molecule has 0 amide bonds. The van der Waals surface area contributed by atoms with Crippen molar-refractivity contribution < 1.29 is 36.5 Å². The van der Waals surface area contributed by atoms with E-state index in [1.54, 1.807) is 0 Å². The largest absolute Gasteiger partial charge is 0.493 e. The molecule has 3 rings (SSSR count). The summed E-state index contributed by atoms with van der Waals surface area (Å²) in [4.78, 5) is 7.24. The van der Waals surface area contributed by atoms with Crippen molar-refractivity contribution in [3.05, 3.63) is 30.0 Å². The molecule has 2 heterocycles. The molecule has 0 saturated heterocycles. The van der Waals surface area contributed by atoms with Crippen molar-refractivity contribution in [1.82, 2.24) is 9.97 Å². The summed E-state index contributed by atoms with van der Waals surface area (Å²) in [5.74, 6) is -0.390. The van der Waals surface area contributed by atoms with Crippen molar-refractivity contribution in [2.24, 2.45) is 5.10 Å². The van der Waals surface area contributed by atoms with Gasteiger partial charge in [-0.1, -0.05) is 0 Å². The molecule has 0 fully saturated rings. The molecule has 1 atom stereocenters. The number of hydrazone groups is 1. The van der Waals surface area contributed by atoms with E-state index in [1.807, 2.05) is 0 Å². The molecule has 7 nitrogen and oxygen atoms in total. The lowest BCUT2D eigenvalue weighted by Gasteiger charge is -2.34. The van der Waals surface area contributed by atoms with Crippen LogP contribution in [0.4, 0.5) is 27.9 Å². The third kappa shape index (κ3) is 4.22.